The average molecular weight is 1520 g/mol. The van der Waals surface area contributed by atoms with Gasteiger partial charge in [0.25, 0.3) is 6.71 Å². The molecule has 0 fully saturated rings. The number of rotatable bonds is 8. The molecule has 19 aromatic rings. The number of anilines is 6. The Hall–Kier alpha value is -12.8. The van der Waals surface area contributed by atoms with Gasteiger partial charge in [0.05, 0.1) is 66.5 Å². The Kier molecular flexibility index (Phi) is 14.0. The van der Waals surface area contributed by atoms with Crippen LogP contribution in [0.15, 0.2) is 314 Å². The van der Waals surface area contributed by atoms with Gasteiger partial charge in [0.1, 0.15) is 11.2 Å². The summed E-state index contributed by atoms with van der Waals surface area (Å²) in [5.74, 6) is 0. The third-order valence-electron chi connectivity index (χ3n) is 25.0. The summed E-state index contributed by atoms with van der Waals surface area (Å²) in [7, 11) is 0. The molecule has 0 N–H and O–H groups in total. The molecule has 6 nitrogen and oxygen atoms in total. The van der Waals surface area contributed by atoms with Crippen molar-refractivity contribution in [3.8, 4) is 50.4 Å². The SMILES string of the molecule is [2H]c1c([2H])c([2H])c2c(c1[2H])c1c([2H])c([2H])c([2H])c([2H])c1n2-c1cc2c3c(c1)N(c1cc(-c4ccccc4)cc4oc5ccccc5c14)c1cc(-n4c5ccc(C(C)(C)C)cc5c5cc(C(C)(C)C)ccc54)ccc1B3c1ccc(-n3c4ccc(C(C)(C)C)cc4c4cc(C(C)(C)C)ccc43)cc1N2c1c(-c2ccccc2)cc(C(C)(C)C)cc1-c1ccccc1. The summed E-state index contributed by atoms with van der Waals surface area (Å²) >= 11 is 0. The molecule has 0 aliphatic carbocycles. The minimum atomic E-state index is -0.589. The quantitative estimate of drug-likeness (QED) is 0.142. The smallest absolute Gasteiger partial charge is 0.252 e. The van der Waals surface area contributed by atoms with Crippen LogP contribution < -0.4 is 26.2 Å². The van der Waals surface area contributed by atoms with Crippen molar-refractivity contribution in [2.75, 3.05) is 9.80 Å². The molecule has 117 heavy (non-hydrogen) atoms. The van der Waals surface area contributed by atoms with E-state index >= 15 is 0 Å². The predicted octanol–water partition coefficient (Wildman–Crippen LogP) is 28.4. The van der Waals surface area contributed by atoms with E-state index in [2.05, 4.69) is 365 Å². The third-order valence-corrected chi connectivity index (χ3v) is 25.0. The van der Waals surface area contributed by atoms with Gasteiger partial charge in [-0.25, -0.2) is 0 Å². The van der Waals surface area contributed by atoms with Crippen LogP contribution in [-0.4, -0.2) is 20.4 Å². The van der Waals surface area contributed by atoms with Gasteiger partial charge in [-0.2, -0.15) is 0 Å². The minimum absolute atomic E-state index is 0.00163. The number of fused-ring (bicyclic) bond motifs is 16. The number of hydrogen-bond donors (Lipinski definition) is 0. The average Bonchev–Trinajstić information content (AvgIpc) is 1.13. The van der Waals surface area contributed by atoms with Crippen molar-refractivity contribution in [2.45, 2.75) is 131 Å². The molecule has 570 valence electrons. The first-order valence-electron chi connectivity index (χ1n) is 45.1. The van der Waals surface area contributed by atoms with Crippen LogP contribution in [-0.2, 0) is 27.1 Å². The molecule has 0 unspecified atom stereocenters. The van der Waals surface area contributed by atoms with Crippen molar-refractivity contribution < 1.29 is 15.4 Å². The van der Waals surface area contributed by atoms with Gasteiger partial charge >= 0.3 is 0 Å². The maximum Gasteiger partial charge on any atom is 0.252 e. The molecule has 0 amide bonds. The normalized spacial score (nSPS) is 14.3. The number of hydrogen-bond acceptors (Lipinski definition) is 3. The zero-order chi connectivity index (χ0) is 87.2. The number of furan rings is 1. The molecule has 21 rings (SSSR count). The molecular weight excluding hydrogens is 1420 g/mol. The molecule has 0 saturated heterocycles. The van der Waals surface area contributed by atoms with E-state index < -0.39 is 55.1 Å². The first-order valence-corrected chi connectivity index (χ1v) is 41.1. The van der Waals surface area contributed by atoms with Gasteiger partial charge in [-0.3, -0.25) is 0 Å². The van der Waals surface area contributed by atoms with Crippen molar-refractivity contribution in [1.29, 1.82) is 0 Å². The molecule has 0 atom stereocenters. The van der Waals surface area contributed by atoms with Crippen LogP contribution in [0.1, 0.15) is 143 Å². The summed E-state index contributed by atoms with van der Waals surface area (Å²) in [5, 5.41) is 6.25. The second kappa shape index (κ2) is 25.8. The summed E-state index contributed by atoms with van der Waals surface area (Å²) < 4.78 is 92.8. The van der Waals surface area contributed by atoms with E-state index in [0.717, 1.165) is 144 Å². The maximum atomic E-state index is 10.4. The maximum absolute atomic E-state index is 10.4. The molecule has 4 aromatic heterocycles. The van der Waals surface area contributed by atoms with Crippen molar-refractivity contribution in [2.24, 2.45) is 0 Å². The lowest BCUT2D eigenvalue weighted by molar-refractivity contribution is 0.590. The minimum Gasteiger partial charge on any atom is -0.456 e. The van der Waals surface area contributed by atoms with Gasteiger partial charge in [-0.1, -0.05) is 286 Å². The van der Waals surface area contributed by atoms with E-state index in [1.165, 1.54) is 22.3 Å². The van der Waals surface area contributed by atoms with Gasteiger partial charge in [-0.05, 0) is 221 Å². The second-order valence-electron chi connectivity index (χ2n) is 37.6. The van der Waals surface area contributed by atoms with Crippen LogP contribution in [0.4, 0.5) is 34.1 Å². The molecule has 7 heteroatoms. The fourth-order valence-electron chi connectivity index (χ4n) is 18.8. The van der Waals surface area contributed by atoms with Crippen LogP contribution in [0.3, 0.4) is 0 Å². The standard InChI is InChI=1S/C110H96BN5O/c1-106(2,3)71-43-51-92-84(57-71)85-58-72(107(4,5)6)44-52-93(85)112(92)76-47-49-88-96(63-76)115(98-55-70(67-31-19-16-20-32-67)56-102-103(98)81-39-27-30-42-101(81)117-102)99-65-78(114-90-40-28-25-37-79(90)80-38-26-29-41-91(80)114)66-100-104(99)111(88)89-50-48-77(113-94-53-45-73(108(7,8)9)59-86(94)87-60-74(109(10,11)12)46-54-95(87)113)64-97(89)116(100)105-82(68-33-21-17-22-34-68)61-75(110(13,14)15)62-83(105)69-35-23-18-24-36-69/h16-66H,1-15H3/i25D,26D,28D,29D,37D,38D,40D,41D. The van der Waals surface area contributed by atoms with Gasteiger partial charge in [0.2, 0.25) is 0 Å². The monoisotopic (exact) mass is 1520 g/mol. The Balaban J connectivity index is 0.995. The van der Waals surface area contributed by atoms with E-state index in [-0.39, 0.29) is 48.9 Å². The summed E-state index contributed by atoms with van der Waals surface area (Å²) in [6, 6.07) is 91.8. The van der Waals surface area contributed by atoms with Crippen LogP contribution >= 0.6 is 0 Å². The Bertz CT molecular complexity index is 7580. The van der Waals surface area contributed by atoms with Crippen LogP contribution in [0.25, 0.3) is 138 Å². The molecule has 0 radical (unpaired) electrons. The van der Waals surface area contributed by atoms with Gasteiger partial charge < -0.3 is 27.9 Å². The molecule has 15 aromatic carbocycles. The summed E-state index contributed by atoms with van der Waals surface area (Å²) in [5.41, 5.74) is 26.1. The van der Waals surface area contributed by atoms with Gasteiger partial charge in [0, 0.05) is 83.0 Å². The molecule has 0 spiro atoms. The topological polar surface area (TPSA) is 34.4 Å². The van der Waals surface area contributed by atoms with Crippen molar-refractivity contribution in [3.63, 3.8) is 0 Å². The highest BCUT2D eigenvalue weighted by atomic mass is 16.3. The second-order valence-corrected chi connectivity index (χ2v) is 37.6. The third kappa shape index (κ3) is 11.4. The fourth-order valence-corrected chi connectivity index (χ4v) is 18.8. The summed E-state index contributed by atoms with van der Waals surface area (Å²) in [6.07, 6.45) is 0. The predicted molar refractivity (Wildman–Crippen MR) is 501 cm³/mol. The lowest BCUT2D eigenvalue weighted by atomic mass is 9.33. The van der Waals surface area contributed by atoms with Crippen LogP contribution in [0.2, 0.25) is 0 Å². The Labute approximate surface area is 697 Å². The number of nitrogens with zero attached hydrogens (tertiary/aromatic N) is 5. The number of aromatic nitrogens is 3. The molecule has 2 aliphatic rings. The zero-order valence-electron chi connectivity index (χ0n) is 77.0. The van der Waals surface area contributed by atoms with Gasteiger partial charge in [0.15, 0.2) is 0 Å². The lowest BCUT2D eigenvalue weighted by Gasteiger charge is -2.45. The van der Waals surface area contributed by atoms with E-state index in [1.54, 1.807) is 4.57 Å². The molecule has 6 heterocycles. The Morgan fingerprint density at radius 2 is 0.658 bits per heavy atom. The van der Waals surface area contributed by atoms with E-state index in [4.69, 9.17) is 4.42 Å². The van der Waals surface area contributed by atoms with E-state index in [0.29, 0.717) is 28.2 Å². The Morgan fingerprint density at radius 3 is 1.10 bits per heavy atom. The molecular formula is C110H96BN5O. The number of para-hydroxylation sites is 3. The van der Waals surface area contributed by atoms with Crippen molar-refractivity contribution in [3.05, 3.63) is 337 Å². The Morgan fingerprint density at radius 1 is 0.274 bits per heavy atom. The number of benzene rings is 15. The van der Waals surface area contributed by atoms with Gasteiger partial charge in [-0.15, -0.1) is 0 Å². The fraction of sp³-hybridized carbons (Fsp3) is 0.182. The van der Waals surface area contributed by atoms with Crippen molar-refractivity contribution in [1.82, 2.24) is 13.7 Å². The first kappa shape index (κ1) is 63.5. The first-order chi connectivity index (χ1) is 59.5. The molecule has 0 saturated carbocycles. The largest absolute Gasteiger partial charge is 0.456 e. The summed E-state index contributed by atoms with van der Waals surface area (Å²) in [4.78, 5) is 4.90. The highest BCUT2D eigenvalue weighted by molar-refractivity contribution is 7.00. The van der Waals surface area contributed by atoms with E-state index in [9.17, 15) is 11.0 Å². The van der Waals surface area contributed by atoms with E-state index in [1.807, 2.05) is 18.2 Å². The molecule has 0 bridgehead atoms. The summed E-state index contributed by atoms with van der Waals surface area (Å²) in [6.45, 7) is 33.5. The van der Waals surface area contributed by atoms with Crippen LogP contribution in [0, 0.1) is 0 Å². The lowest BCUT2D eigenvalue weighted by Crippen LogP contribution is -2.61. The zero-order valence-corrected chi connectivity index (χ0v) is 69.0. The van der Waals surface area contributed by atoms with Crippen LogP contribution in [0.5, 0.6) is 0 Å². The van der Waals surface area contributed by atoms with Crippen molar-refractivity contribution >= 4 is 145 Å². The molecule has 2 aliphatic heterocycles. The highest BCUT2D eigenvalue weighted by Gasteiger charge is 2.46. The highest BCUT2D eigenvalue weighted by Crippen LogP contribution is 2.55.